The normalized spacial score (nSPS) is 13.2. The molecule has 0 spiro atoms. The Morgan fingerprint density at radius 3 is 0.750 bits per heavy atom. The summed E-state index contributed by atoms with van der Waals surface area (Å²) in [6.07, 6.45) is 0. The molecule has 0 aromatic rings. The van der Waals surface area contributed by atoms with Crippen LogP contribution in [0.1, 0.15) is 41.5 Å². The van der Waals surface area contributed by atoms with Crippen molar-refractivity contribution < 1.29 is 37.0 Å². The van der Waals surface area contributed by atoms with Crippen LogP contribution in [0.3, 0.4) is 0 Å². The van der Waals surface area contributed by atoms with Crippen molar-refractivity contribution in [2.24, 2.45) is 0 Å². The van der Waals surface area contributed by atoms with Crippen LogP contribution in [-0.4, -0.2) is 81.2 Å². The van der Waals surface area contributed by atoms with Crippen LogP contribution in [-0.2, 0) is 37.0 Å². The fraction of sp³-hybridized carbons (Fsp3) is 1.00. The van der Waals surface area contributed by atoms with Gasteiger partial charge in [-0.2, -0.15) is 0 Å². The van der Waals surface area contributed by atoms with Gasteiger partial charge in [0.1, 0.15) is 0 Å². The van der Waals surface area contributed by atoms with Gasteiger partial charge in [0.2, 0.25) is 0 Å². The van der Waals surface area contributed by atoms with Gasteiger partial charge >= 0.3 is 41.6 Å². The summed E-state index contributed by atoms with van der Waals surface area (Å²) in [7, 11) is -8.91. The van der Waals surface area contributed by atoms with E-state index >= 15 is 0 Å². The first-order chi connectivity index (χ1) is 13.1. The lowest BCUT2D eigenvalue weighted by Crippen LogP contribution is -2.59. The molecule has 0 aliphatic carbocycles. The van der Waals surface area contributed by atoms with Crippen LogP contribution >= 0.6 is 0 Å². The van der Waals surface area contributed by atoms with E-state index in [2.05, 4.69) is 0 Å². The monoisotopic (exact) mass is 474 g/mol. The lowest BCUT2D eigenvalue weighted by Gasteiger charge is -2.35. The van der Waals surface area contributed by atoms with Crippen LogP contribution in [0.15, 0.2) is 0 Å². The van der Waals surface area contributed by atoms with Gasteiger partial charge in [0.05, 0.1) is 0 Å². The third-order valence-electron chi connectivity index (χ3n) is 3.37. The Bertz CT molecular complexity index is 334. The summed E-state index contributed by atoms with van der Waals surface area (Å²) < 4.78 is 53.5. The zero-order valence-electron chi connectivity index (χ0n) is 19.0. The molecule has 9 nitrogen and oxygen atoms in total. The van der Waals surface area contributed by atoms with Gasteiger partial charge in [-0.05, 0) is 41.5 Å². The second kappa shape index (κ2) is 14.8. The molecule has 0 N–H and O–H groups in total. The van der Waals surface area contributed by atoms with Crippen molar-refractivity contribution in [3.63, 3.8) is 0 Å². The van der Waals surface area contributed by atoms with Crippen molar-refractivity contribution in [3.05, 3.63) is 0 Å². The fourth-order valence-corrected chi connectivity index (χ4v) is 13.6. The molecule has 0 fully saturated rings. The first-order valence-electron chi connectivity index (χ1n) is 10.0. The average molecular weight is 475 g/mol. The number of hydrogen-bond acceptors (Lipinski definition) is 9. The van der Waals surface area contributed by atoms with Crippen LogP contribution in [0.25, 0.3) is 0 Å². The van der Waals surface area contributed by atoms with Gasteiger partial charge in [-0.1, -0.05) is 0 Å². The van der Waals surface area contributed by atoms with Crippen LogP contribution < -0.4 is 0 Å². The largest absolute Gasteiger partial charge is 0.881 e. The highest BCUT2D eigenvalue weighted by atomic mass is 28.4. The van der Waals surface area contributed by atoms with Crippen LogP contribution in [0.5, 0.6) is 0 Å². The van der Waals surface area contributed by atoms with E-state index in [0.29, 0.717) is 39.6 Å². The summed E-state index contributed by atoms with van der Waals surface area (Å²) in [4.78, 5) is 0. The minimum absolute atomic E-state index is 0.459. The van der Waals surface area contributed by atoms with Crippen LogP contribution in [0, 0.1) is 0 Å². The van der Waals surface area contributed by atoms with Gasteiger partial charge in [-0.3, -0.25) is 0 Å². The number of hydrogen-bond donors (Lipinski definition) is 0. The van der Waals surface area contributed by atoms with Gasteiger partial charge in [-0.25, -0.2) is 0 Å². The van der Waals surface area contributed by atoms with E-state index in [1.165, 1.54) is 0 Å². The molecule has 13 heteroatoms. The summed E-state index contributed by atoms with van der Waals surface area (Å²) in [6.45, 7) is 19.6. The van der Waals surface area contributed by atoms with E-state index in [1.807, 2.05) is 61.2 Å². The molecule has 0 bridgehead atoms. The van der Waals surface area contributed by atoms with Gasteiger partial charge in [0.25, 0.3) is 0 Å². The molecule has 28 heavy (non-hydrogen) atoms. The Morgan fingerprint density at radius 2 is 0.607 bits per heavy atom. The Labute approximate surface area is 179 Å². The summed E-state index contributed by atoms with van der Waals surface area (Å²) in [5.74, 6) is 0. The Hall–Kier alpha value is 0.823. The van der Waals surface area contributed by atoms with Gasteiger partial charge in [0, 0.05) is 59.3 Å². The molecule has 0 rings (SSSR count). The average Bonchev–Trinajstić information content (AvgIpc) is 2.55. The molecule has 0 heterocycles. The zero-order valence-corrected chi connectivity index (χ0v) is 23.1. The zero-order chi connectivity index (χ0) is 21.7. The highest BCUT2D eigenvalue weighted by Crippen LogP contribution is 2.21. The van der Waals surface area contributed by atoms with Gasteiger partial charge in [-0.15, -0.1) is 0 Å². The van der Waals surface area contributed by atoms with Crippen LogP contribution in [0.2, 0.25) is 19.6 Å². The third-order valence-corrected chi connectivity index (χ3v) is 15.7. The predicted molar refractivity (Wildman–Crippen MR) is 114 cm³/mol. The second-order valence-electron chi connectivity index (χ2n) is 5.83. The second-order valence-corrected chi connectivity index (χ2v) is 16.1. The highest BCUT2D eigenvalue weighted by molar-refractivity contribution is 6.76. The molecule has 0 atom stereocenters. The standard InChI is InChI=1S/3C5H13O3Si.Al/c3*1-4-7-9(3,6)8-5-2;/h3*4-5H2,1-3H3;/q3*-1;+3. The molecule has 0 aliphatic heterocycles. The first kappa shape index (κ1) is 28.8. The van der Waals surface area contributed by atoms with Crippen LogP contribution in [0.4, 0.5) is 0 Å². The maximum Gasteiger partial charge on any atom is 0.881 e. The van der Waals surface area contributed by atoms with Gasteiger partial charge in [0.15, 0.2) is 0 Å². The maximum atomic E-state index is 6.23. The van der Waals surface area contributed by atoms with E-state index in [9.17, 15) is 0 Å². The minimum atomic E-state index is -2.97. The Morgan fingerprint density at radius 1 is 0.429 bits per heavy atom. The topological polar surface area (TPSA) is 83.1 Å². The van der Waals surface area contributed by atoms with Crippen molar-refractivity contribution >= 4 is 41.6 Å². The molecule has 0 aromatic heterocycles. The Kier molecular flexibility index (Phi) is 15.2. The summed E-state index contributed by atoms with van der Waals surface area (Å²) >= 11 is -2.86. The molecular weight excluding hydrogens is 435 g/mol. The first-order valence-corrected chi connectivity index (χ1v) is 18.1. The third kappa shape index (κ3) is 11.3. The van der Waals surface area contributed by atoms with E-state index < -0.39 is 41.6 Å². The van der Waals surface area contributed by atoms with E-state index in [1.54, 1.807) is 0 Å². The lowest BCUT2D eigenvalue weighted by molar-refractivity contribution is 0.0557. The molecule has 168 valence electrons. The maximum absolute atomic E-state index is 6.23. The molecule has 0 unspecified atom stereocenters. The summed E-state index contributed by atoms with van der Waals surface area (Å²) in [6, 6.07) is 0. The minimum Gasteiger partial charge on any atom is -0.457 e. The van der Waals surface area contributed by atoms with Crippen molar-refractivity contribution in [3.8, 4) is 0 Å². The molecule has 0 aromatic carbocycles. The predicted octanol–water partition coefficient (Wildman–Crippen LogP) is 2.95. The quantitative estimate of drug-likeness (QED) is 0.278. The van der Waals surface area contributed by atoms with E-state index in [0.717, 1.165) is 0 Å². The molecule has 0 saturated carbocycles. The smallest absolute Gasteiger partial charge is 0.457 e. The van der Waals surface area contributed by atoms with Crippen molar-refractivity contribution in [1.82, 2.24) is 0 Å². The number of rotatable bonds is 18. The lowest BCUT2D eigenvalue weighted by atomic mass is 10.9. The summed E-state index contributed by atoms with van der Waals surface area (Å²) in [5, 5.41) is 0. The molecule has 0 radical (unpaired) electrons. The van der Waals surface area contributed by atoms with Crippen molar-refractivity contribution in [1.29, 1.82) is 0 Å². The molecular formula is C15H39AlO9Si3. The Balaban J connectivity index is 5.66. The van der Waals surface area contributed by atoms with Gasteiger partial charge < -0.3 is 37.0 Å². The summed E-state index contributed by atoms with van der Waals surface area (Å²) in [5.41, 5.74) is 0. The van der Waals surface area contributed by atoms with E-state index in [4.69, 9.17) is 37.0 Å². The van der Waals surface area contributed by atoms with Crippen molar-refractivity contribution in [2.45, 2.75) is 61.2 Å². The molecule has 0 saturated heterocycles. The molecule has 0 aliphatic rings. The van der Waals surface area contributed by atoms with E-state index in [-0.39, 0.29) is 0 Å². The highest BCUT2D eigenvalue weighted by Gasteiger charge is 2.55. The molecule has 0 amide bonds. The fourth-order valence-electron chi connectivity index (χ4n) is 2.50. The van der Waals surface area contributed by atoms with Crippen molar-refractivity contribution in [2.75, 3.05) is 39.6 Å². The SMILES string of the molecule is CCO[Si](C)(OCC)[O][Al]([O][Si](C)(OCC)OCC)[O][Si](C)(OCC)OCC.